The molecule has 96 valence electrons. The van der Waals surface area contributed by atoms with Gasteiger partial charge in [0.05, 0.1) is 6.10 Å². The molecule has 2 aromatic rings. The molecule has 0 aromatic carbocycles. The van der Waals surface area contributed by atoms with E-state index >= 15 is 0 Å². The zero-order valence-electron chi connectivity index (χ0n) is 10.5. The molecule has 4 heteroatoms. The zero-order valence-corrected chi connectivity index (χ0v) is 10.5. The Kier molecular flexibility index (Phi) is 3.19. The second kappa shape index (κ2) is 4.98. The van der Waals surface area contributed by atoms with Gasteiger partial charge in [0, 0.05) is 42.9 Å². The third-order valence-corrected chi connectivity index (χ3v) is 3.71. The van der Waals surface area contributed by atoms with E-state index in [4.69, 9.17) is 0 Å². The fourth-order valence-electron chi connectivity index (χ4n) is 2.78. The van der Waals surface area contributed by atoms with Crippen molar-refractivity contribution in [1.29, 1.82) is 0 Å². The molecule has 0 saturated carbocycles. The smallest absolute Gasteiger partial charge is 0.0807 e. The zero-order chi connectivity index (χ0) is 12.4. The van der Waals surface area contributed by atoms with E-state index in [-0.39, 0.29) is 6.10 Å². The molecule has 0 bridgehead atoms. The molecule has 2 heterocycles. The highest BCUT2D eigenvalue weighted by atomic mass is 16.3. The number of aliphatic hydroxyl groups excluding tert-OH is 1. The van der Waals surface area contributed by atoms with Gasteiger partial charge >= 0.3 is 0 Å². The van der Waals surface area contributed by atoms with E-state index in [0.717, 1.165) is 44.3 Å². The summed E-state index contributed by atoms with van der Waals surface area (Å²) >= 11 is 0. The van der Waals surface area contributed by atoms with Crippen LogP contribution in [0.2, 0.25) is 0 Å². The lowest BCUT2D eigenvalue weighted by atomic mass is 9.95. The summed E-state index contributed by atoms with van der Waals surface area (Å²) in [4.78, 5) is 0. The Hall–Kier alpha value is -1.55. The van der Waals surface area contributed by atoms with Crippen molar-refractivity contribution in [3.05, 3.63) is 42.0 Å². The van der Waals surface area contributed by atoms with E-state index in [1.54, 1.807) is 0 Å². The first-order valence-corrected chi connectivity index (χ1v) is 6.68. The predicted molar refractivity (Wildman–Crippen MR) is 69.2 cm³/mol. The van der Waals surface area contributed by atoms with Gasteiger partial charge in [0.2, 0.25) is 0 Å². The quantitative estimate of drug-likeness (QED) is 0.896. The number of hydrogen-bond acceptors (Lipinski definition) is 2. The topological polar surface area (TPSA) is 43.0 Å². The maximum absolute atomic E-state index is 9.92. The summed E-state index contributed by atoms with van der Waals surface area (Å²) in [5.74, 6) is 0. The van der Waals surface area contributed by atoms with Crippen LogP contribution >= 0.6 is 0 Å². The van der Waals surface area contributed by atoms with Crippen molar-refractivity contribution < 1.29 is 5.11 Å². The van der Waals surface area contributed by atoms with Crippen LogP contribution in [0.3, 0.4) is 0 Å². The summed E-state index contributed by atoms with van der Waals surface area (Å²) in [6.07, 6.45) is 9.84. The van der Waals surface area contributed by atoms with E-state index < -0.39 is 0 Å². The maximum atomic E-state index is 9.92. The summed E-state index contributed by atoms with van der Waals surface area (Å²) in [6, 6.07) is 4.03. The van der Waals surface area contributed by atoms with E-state index in [0.29, 0.717) is 0 Å². The Morgan fingerprint density at radius 3 is 3.11 bits per heavy atom. The monoisotopic (exact) mass is 245 g/mol. The normalized spacial score (nSPS) is 18.8. The third kappa shape index (κ3) is 2.20. The van der Waals surface area contributed by atoms with Gasteiger partial charge in [0.1, 0.15) is 0 Å². The van der Waals surface area contributed by atoms with Gasteiger partial charge in [-0.2, -0.15) is 5.10 Å². The summed E-state index contributed by atoms with van der Waals surface area (Å²) in [5.41, 5.74) is 2.47. The molecule has 1 atom stereocenters. The number of nitrogens with zero attached hydrogens (tertiary/aromatic N) is 3. The Balaban J connectivity index is 1.63. The summed E-state index contributed by atoms with van der Waals surface area (Å²) in [6.45, 7) is 1.95. The average Bonchev–Trinajstić information content (AvgIpc) is 3.00. The minimum absolute atomic E-state index is 0.249. The lowest BCUT2D eigenvalue weighted by Crippen LogP contribution is -2.12. The van der Waals surface area contributed by atoms with Crippen molar-refractivity contribution in [3.63, 3.8) is 0 Å². The third-order valence-electron chi connectivity index (χ3n) is 3.71. The molecule has 3 rings (SSSR count). The van der Waals surface area contributed by atoms with Gasteiger partial charge in [-0.1, -0.05) is 0 Å². The van der Waals surface area contributed by atoms with Crippen LogP contribution in [0.4, 0.5) is 0 Å². The Morgan fingerprint density at radius 2 is 2.28 bits per heavy atom. The van der Waals surface area contributed by atoms with Crippen molar-refractivity contribution in [3.8, 4) is 0 Å². The number of hydrogen-bond donors (Lipinski definition) is 1. The van der Waals surface area contributed by atoms with Gasteiger partial charge in [-0.3, -0.25) is 4.68 Å². The fraction of sp³-hybridized carbons (Fsp3) is 0.500. The number of rotatable bonds is 4. The van der Waals surface area contributed by atoms with Crippen molar-refractivity contribution in [2.45, 2.75) is 44.9 Å². The lowest BCUT2D eigenvalue weighted by Gasteiger charge is -2.20. The molecule has 1 N–H and O–H groups in total. The highest BCUT2D eigenvalue weighted by Gasteiger charge is 2.20. The summed E-state index contributed by atoms with van der Waals surface area (Å²) in [5, 5.41) is 14.1. The molecule has 2 aromatic heterocycles. The van der Waals surface area contributed by atoms with Crippen LogP contribution in [0, 0.1) is 0 Å². The van der Waals surface area contributed by atoms with Crippen LogP contribution in [0.25, 0.3) is 0 Å². The molecule has 0 fully saturated rings. The molecule has 4 nitrogen and oxygen atoms in total. The standard InChI is InChI=1S/C14H19N3O/c18-14-5-1-4-13-12(14)6-11-16(13)8-3-10-17-9-2-7-15-17/h2,6-7,9,11,14,18H,1,3-5,8,10H2. The molecule has 0 amide bonds. The maximum Gasteiger partial charge on any atom is 0.0807 e. The van der Waals surface area contributed by atoms with Gasteiger partial charge in [-0.15, -0.1) is 0 Å². The van der Waals surface area contributed by atoms with E-state index in [2.05, 4.69) is 21.9 Å². The molecule has 0 aliphatic heterocycles. The number of fused-ring (bicyclic) bond motifs is 1. The summed E-state index contributed by atoms with van der Waals surface area (Å²) < 4.78 is 4.26. The number of aryl methyl sites for hydroxylation is 2. The van der Waals surface area contributed by atoms with Crippen molar-refractivity contribution in [2.24, 2.45) is 0 Å². The van der Waals surface area contributed by atoms with E-state index in [1.807, 2.05) is 23.1 Å². The van der Waals surface area contributed by atoms with Crippen molar-refractivity contribution >= 4 is 0 Å². The van der Waals surface area contributed by atoms with Gasteiger partial charge in [-0.05, 0) is 37.8 Å². The molecule has 18 heavy (non-hydrogen) atoms. The van der Waals surface area contributed by atoms with Crippen LogP contribution in [-0.4, -0.2) is 19.5 Å². The second-order valence-corrected chi connectivity index (χ2v) is 4.94. The first-order valence-electron chi connectivity index (χ1n) is 6.68. The van der Waals surface area contributed by atoms with Crippen molar-refractivity contribution in [1.82, 2.24) is 14.3 Å². The predicted octanol–water partition coefficient (Wildman–Crippen LogP) is 2.14. The first kappa shape index (κ1) is 11.5. The number of aromatic nitrogens is 3. The lowest BCUT2D eigenvalue weighted by molar-refractivity contribution is 0.155. The highest BCUT2D eigenvalue weighted by molar-refractivity contribution is 5.27. The minimum atomic E-state index is -0.249. The van der Waals surface area contributed by atoms with Gasteiger partial charge in [-0.25, -0.2) is 0 Å². The first-order chi connectivity index (χ1) is 8.84. The van der Waals surface area contributed by atoms with Crippen LogP contribution in [0.15, 0.2) is 30.7 Å². The Morgan fingerprint density at radius 1 is 1.33 bits per heavy atom. The molecule has 1 aliphatic carbocycles. The van der Waals surface area contributed by atoms with Gasteiger partial charge in [0.25, 0.3) is 0 Å². The average molecular weight is 245 g/mol. The van der Waals surface area contributed by atoms with Crippen LogP contribution < -0.4 is 0 Å². The largest absolute Gasteiger partial charge is 0.388 e. The van der Waals surface area contributed by atoms with Crippen molar-refractivity contribution in [2.75, 3.05) is 0 Å². The van der Waals surface area contributed by atoms with Crippen LogP contribution in [-0.2, 0) is 19.5 Å². The molecular weight excluding hydrogens is 226 g/mol. The SMILES string of the molecule is OC1CCCc2c1ccn2CCCn1cccn1. The minimum Gasteiger partial charge on any atom is -0.388 e. The molecule has 0 saturated heterocycles. The molecule has 0 radical (unpaired) electrons. The Bertz CT molecular complexity index is 501. The molecule has 1 aliphatic rings. The number of aliphatic hydroxyl groups is 1. The molecule has 1 unspecified atom stereocenters. The summed E-state index contributed by atoms with van der Waals surface area (Å²) in [7, 11) is 0. The highest BCUT2D eigenvalue weighted by Crippen LogP contribution is 2.30. The van der Waals surface area contributed by atoms with Gasteiger partial charge < -0.3 is 9.67 Å². The van der Waals surface area contributed by atoms with Crippen LogP contribution in [0.1, 0.15) is 36.6 Å². The molecular formula is C14H19N3O. The second-order valence-electron chi connectivity index (χ2n) is 4.94. The van der Waals surface area contributed by atoms with Gasteiger partial charge in [0.15, 0.2) is 0 Å². The van der Waals surface area contributed by atoms with E-state index in [9.17, 15) is 5.11 Å². The Labute approximate surface area is 107 Å². The van der Waals surface area contributed by atoms with Crippen LogP contribution in [0.5, 0.6) is 0 Å². The van der Waals surface area contributed by atoms with E-state index in [1.165, 1.54) is 5.69 Å². The molecule has 0 spiro atoms. The fourth-order valence-corrected chi connectivity index (χ4v) is 2.78.